The average molecular weight is 219 g/mol. The van der Waals surface area contributed by atoms with Crippen LogP contribution in [0.15, 0.2) is 29.4 Å². The third-order valence-corrected chi connectivity index (χ3v) is 3.17. The second kappa shape index (κ2) is 6.84. The normalized spacial score (nSPS) is 10.8. The first kappa shape index (κ1) is 14.4. The van der Waals surface area contributed by atoms with E-state index < -0.39 is 0 Å². The molecule has 72 valence electrons. The molecule has 1 heterocycles. The summed E-state index contributed by atoms with van der Waals surface area (Å²) in [6.07, 6.45) is 1.82. The van der Waals surface area contributed by atoms with E-state index in [4.69, 9.17) is 0 Å². The topological polar surface area (TPSA) is 12.9 Å². The molecule has 0 bridgehead atoms. The van der Waals surface area contributed by atoms with Crippen LogP contribution in [0, 0.1) is 5.08 Å². The molecule has 0 N–H and O–H groups in total. The van der Waals surface area contributed by atoms with Crippen molar-refractivity contribution in [2.45, 2.75) is 30.5 Å². The maximum absolute atomic E-state index is 4.22. The zero-order valence-corrected chi connectivity index (χ0v) is 10.8. The fourth-order valence-electron chi connectivity index (χ4n) is 0.634. The van der Waals surface area contributed by atoms with E-state index in [1.807, 2.05) is 36.2 Å². The molecule has 4 heteroatoms. The molecule has 0 aromatic carbocycles. The van der Waals surface area contributed by atoms with Crippen LogP contribution in [0.2, 0.25) is 0 Å². The van der Waals surface area contributed by atoms with Crippen molar-refractivity contribution < 1.29 is 18.9 Å². The molecular formula is C10H14LiNS2. The monoisotopic (exact) mass is 219 g/mol. The van der Waals surface area contributed by atoms with Gasteiger partial charge in [0, 0.05) is 6.20 Å². The standard InChI is InChI=1S/C10H14NS2.Li/c1-10(2,3)13-8-12-9-6-4-5-7-11-9;/h4-8H,1-3H3;/q-1;+1. The summed E-state index contributed by atoms with van der Waals surface area (Å²) in [7, 11) is 0. The number of hydrogen-bond acceptors (Lipinski definition) is 3. The third kappa shape index (κ3) is 6.84. The Bertz CT molecular complexity index is 246. The van der Waals surface area contributed by atoms with Gasteiger partial charge in [0.1, 0.15) is 0 Å². The van der Waals surface area contributed by atoms with Crippen LogP contribution < -0.4 is 18.9 Å². The van der Waals surface area contributed by atoms with Crippen molar-refractivity contribution in [1.82, 2.24) is 4.98 Å². The largest absolute Gasteiger partial charge is 1.00 e. The smallest absolute Gasteiger partial charge is 0.335 e. The van der Waals surface area contributed by atoms with Gasteiger partial charge in [-0.3, -0.25) is 16.7 Å². The van der Waals surface area contributed by atoms with E-state index in [-0.39, 0.29) is 18.9 Å². The molecule has 14 heavy (non-hydrogen) atoms. The fraction of sp³-hybridized carbons (Fsp3) is 0.400. The van der Waals surface area contributed by atoms with Gasteiger partial charge in [0.05, 0.1) is 5.03 Å². The minimum Gasteiger partial charge on any atom is -0.335 e. The molecule has 0 radical (unpaired) electrons. The van der Waals surface area contributed by atoms with Gasteiger partial charge in [-0.15, -0.1) is 0 Å². The summed E-state index contributed by atoms with van der Waals surface area (Å²) in [6, 6.07) is 5.95. The molecule has 1 aromatic rings. The zero-order valence-electron chi connectivity index (χ0n) is 9.15. The number of pyridine rings is 1. The summed E-state index contributed by atoms with van der Waals surface area (Å²) in [5, 5.41) is 3.20. The predicted molar refractivity (Wildman–Crippen MR) is 61.7 cm³/mol. The molecule has 0 amide bonds. The number of aromatic nitrogens is 1. The Balaban J connectivity index is 0.00000169. The number of hydrogen-bond donors (Lipinski definition) is 0. The van der Waals surface area contributed by atoms with Gasteiger partial charge in [0.15, 0.2) is 0 Å². The molecule has 0 aliphatic rings. The van der Waals surface area contributed by atoms with E-state index >= 15 is 0 Å². The van der Waals surface area contributed by atoms with E-state index in [0.717, 1.165) is 5.03 Å². The van der Waals surface area contributed by atoms with Crippen LogP contribution in [0.4, 0.5) is 0 Å². The number of rotatable bonds is 3. The molecule has 1 rings (SSSR count). The van der Waals surface area contributed by atoms with Crippen LogP contribution in [-0.4, -0.2) is 9.73 Å². The molecule has 0 aliphatic carbocycles. The first-order chi connectivity index (χ1) is 6.08. The van der Waals surface area contributed by atoms with Gasteiger partial charge in [-0.05, 0) is 16.9 Å². The molecule has 0 aliphatic heterocycles. The summed E-state index contributed by atoms with van der Waals surface area (Å²) in [4.78, 5) is 4.22. The summed E-state index contributed by atoms with van der Waals surface area (Å²) >= 11 is 3.50. The maximum Gasteiger partial charge on any atom is 1.00 e. The predicted octanol–water partition coefficient (Wildman–Crippen LogP) is 0.829. The number of nitrogens with zero attached hydrogens (tertiary/aromatic N) is 1. The van der Waals surface area contributed by atoms with Gasteiger partial charge < -0.3 is 11.8 Å². The van der Waals surface area contributed by atoms with Crippen molar-refractivity contribution in [3.8, 4) is 0 Å². The summed E-state index contributed by atoms with van der Waals surface area (Å²) in [5.41, 5.74) is 0. The van der Waals surface area contributed by atoms with E-state index in [2.05, 4.69) is 30.8 Å². The minimum atomic E-state index is 0. The SMILES string of the molecule is CC(C)(C)S[CH-]Sc1ccccn1.[Li+]. The third-order valence-electron chi connectivity index (χ3n) is 1.21. The molecule has 1 aromatic heterocycles. The molecule has 0 atom stereocenters. The molecule has 0 unspecified atom stereocenters. The van der Waals surface area contributed by atoms with Gasteiger partial charge in [-0.2, -0.15) is 0 Å². The summed E-state index contributed by atoms with van der Waals surface area (Å²) in [6.45, 7) is 6.60. The Morgan fingerprint density at radius 1 is 1.29 bits per heavy atom. The van der Waals surface area contributed by atoms with Crippen molar-refractivity contribution in [1.29, 1.82) is 0 Å². The average Bonchev–Trinajstić information content (AvgIpc) is 2.04. The Kier molecular flexibility index (Phi) is 7.06. The Hall–Kier alpha value is 0.447. The zero-order chi connectivity index (χ0) is 9.73. The Morgan fingerprint density at radius 3 is 2.50 bits per heavy atom. The van der Waals surface area contributed by atoms with Crippen LogP contribution >= 0.6 is 23.5 Å². The Labute approximate surface area is 107 Å². The second-order valence-corrected chi connectivity index (χ2v) is 6.50. The van der Waals surface area contributed by atoms with Crippen molar-refractivity contribution >= 4 is 23.5 Å². The van der Waals surface area contributed by atoms with Crippen LogP contribution in [0.3, 0.4) is 0 Å². The molecule has 0 spiro atoms. The van der Waals surface area contributed by atoms with Crippen LogP contribution in [0.1, 0.15) is 20.8 Å². The maximum atomic E-state index is 4.22. The van der Waals surface area contributed by atoms with E-state index in [0.29, 0.717) is 4.75 Å². The van der Waals surface area contributed by atoms with Gasteiger partial charge in [-0.25, -0.2) is 5.08 Å². The van der Waals surface area contributed by atoms with Crippen LogP contribution in [-0.2, 0) is 0 Å². The quantitative estimate of drug-likeness (QED) is 0.424. The van der Waals surface area contributed by atoms with E-state index in [1.165, 1.54) is 0 Å². The first-order valence-corrected chi connectivity index (χ1v) is 5.91. The second-order valence-electron chi connectivity index (χ2n) is 3.61. The van der Waals surface area contributed by atoms with Crippen molar-refractivity contribution in [3.05, 3.63) is 29.5 Å². The Morgan fingerprint density at radius 2 is 2.00 bits per heavy atom. The van der Waals surface area contributed by atoms with Gasteiger partial charge in [0.25, 0.3) is 0 Å². The van der Waals surface area contributed by atoms with Gasteiger partial charge >= 0.3 is 18.9 Å². The fourth-order valence-corrected chi connectivity index (χ4v) is 2.65. The van der Waals surface area contributed by atoms with Gasteiger partial charge in [-0.1, -0.05) is 26.8 Å². The molecular weight excluding hydrogens is 205 g/mol. The first-order valence-electron chi connectivity index (χ1n) is 4.15. The van der Waals surface area contributed by atoms with Crippen molar-refractivity contribution in [2.75, 3.05) is 0 Å². The van der Waals surface area contributed by atoms with E-state index in [9.17, 15) is 0 Å². The van der Waals surface area contributed by atoms with E-state index in [1.54, 1.807) is 11.8 Å². The van der Waals surface area contributed by atoms with Crippen molar-refractivity contribution in [3.63, 3.8) is 0 Å². The minimum absolute atomic E-state index is 0. The summed E-state index contributed by atoms with van der Waals surface area (Å²) in [5.74, 6) is 0. The summed E-state index contributed by atoms with van der Waals surface area (Å²) < 4.78 is 0.293. The molecule has 0 fully saturated rings. The van der Waals surface area contributed by atoms with Crippen molar-refractivity contribution in [2.24, 2.45) is 0 Å². The van der Waals surface area contributed by atoms with Crippen LogP contribution in [0.25, 0.3) is 0 Å². The molecule has 0 saturated heterocycles. The number of thioether (sulfide) groups is 2. The molecule has 1 nitrogen and oxygen atoms in total. The van der Waals surface area contributed by atoms with Gasteiger partial charge in [0.2, 0.25) is 0 Å². The van der Waals surface area contributed by atoms with Crippen LogP contribution in [0.5, 0.6) is 0 Å². The molecule has 0 saturated carbocycles.